The van der Waals surface area contributed by atoms with E-state index >= 15 is 0 Å². The van der Waals surface area contributed by atoms with Crippen LogP contribution in [0.4, 0.5) is 5.13 Å². The van der Waals surface area contributed by atoms with Gasteiger partial charge in [-0.3, -0.25) is 4.72 Å². The van der Waals surface area contributed by atoms with E-state index in [1.165, 1.54) is 12.5 Å². The predicted octanol–water partition coefficient (Wildman–Crippen LogP) is 0.961. The van der Waals surface area contributed by atoms with E-state index in [1.807, 2.05) is 0 Å². The molecule has 1 aromatic rings. The number of nitrogens with one attached hydrogen (secondary N) is 1. The average Bonchev–Trinajstić information content (AvgIpc) is 3.19. The Kier molecular flexibility index (Phi) is 4.78. The van der Waals surface area contributed by atoms with Gasteiger partial charge < -0.3 is 9.57 Å². The number of anilines is 1. The zero-order chi connectivity index (χ0) is 15.5. The number of sulfonamides is 1. The van der Waals surface area contributed by atoms with Gasteiger partial charge in [0.25, 0.3) is 0 Å². The third kappa shape index (κ3) is 3.91. The summed E-state index contributed by atoms with van der Waals surface area (Å²) >= 11 is 1.07. The van der Waals surface area contributed by atoms with Gasteiger partial charge in [0.15, 0.2) is 5.13 Å². The van der Waals surface area contributed by atoms with Gasteiger partial charge in [0.2, 0.25) is 15.7 Å². The third-order valence-corrected chi connectivity index (χ3v) is 5.30. The van der Waals surface area contributed by atoms with Crippen LogP contribution < -0.4 is 4.72 Å². The van der Waals surface area contributed by atoms with Crippen molar-refractivity contribution >= 4 is 38.2 Å². The number of carbonyl (C=O) groups excluding carboxylic acids is 1. The number of nitrogens with zero attached hydrogens (tertiary/aromatic N) is 2. The average molecular weight is 333 g/mol. The summed E-state index contributed by atoms with van der Waals surface area (Å²) in [6, 6.07) is 0. The molecule has 0 unspecified atom stereocenters. The van der Waals surface area contributed by atoms with Gasteiger partial charge in [0.1, 0.15) is 12.8 Å². The van der Waals surface area contributed by atoms with Crippen molar-refractivity contribution in [3.05, 3.63) is 11.1 Å². The van der Waals surface area contributed by atoms with Crippen LogP contribution in [0.5, 0.6) is 0 Å². The molecular weight excluding hydrogens is 318 g/mol. The van der Waals surface area contributed by atoms with Crippen LogP contribution in [0.25, 0.3) is 0 Å². The topological polar surface area (TPSA) is 107 Å². The SMILES string of the molecule is CCOC(=O)/C(=N\OC)c1csc(NS(=O)(=O)C2CC2)n1. The molecule has 0 amide bonds. The highest BCUT2D eigenvalue weighted by Gasteiger charge is 2.36. The molecule has 21 heavy (non-hydrogen) atoms. The monoisotopic (exact) mass is 333 g/mol. The number of thiazole rings is 1. The lowest BCUT2D eigenvalue weighted by molar-refractivity contribution is -0.135. The lowest BCUT2D eigenvalue weighted by Gasteiger charge is -2.03. The highest BCUT2D eigenvalue weighted by atomic mass is 32.2. The zero-order valence-electron chi connectivity index (χ0n) is 11.5. The quantitative estimate of drug-likeness (QED) is 0.452. The smallest absolute Gasteiger partial charge is 0.362 e. The van der Waals surface area contributed by atoms with Crippen LogP contribution in [0.15, 0.2) is 10.5 Å². The molecule has 1 heterocycles. The van der Waals surface area contributed by atoms with E-state index in [1.54, 1.807) is 6.92 Å². The number of rotatable bonds is 7. The first-order valence-electron chi connectivity index (χ1n) is 6.23. The summed E-state index contributed by atoms with van der Waals surface area (Å²) < 4.78 is 30.9. The molecule has 0 aromatic carbocycles. The van der Waals surface area contributed by atoms with E-state index < -0.39 is 16.0 Å². The number of hydrogen-bond donors (Lipinski definition) is 1. The molecule has 2 rings (SSSR count). The van der Waals surface area contributed by atoms with Gasteiger partial charge in [-0.25, -0.2) is 18.2 Å². The summed E-state index contributed by atoms with van der Waals surface area (Å²) in [5.74, 6) is -0.679. The highest BCUT2D eigenvalue weighted by Crippen LogP contribution is 2.30. The maximum atomic E-state index is 11.8. The van der Waals surface area contributed by atoms with Crippen LogP contribution in [0.1, 0.15) is 25.5 Å². The van der Waals surface area contributed by atoms with Crippen molar-refractivity contribution in [2.75, 3.05) is 18.4 Å². The fraction of sp³-hybridized carbons (Fsp3) is 0.545. The van der Waals surface area contributed by atoms with Crippen LogP contribution >= 0.6 is 11.3 Å². The van der Waals surface area contributed by atoms with Gasteiger partial charge in [-0.2, -0.15) is 0 Å². The van der Waals surface area contributed by atoms with Gasteiger partial charge in [-0.1, -0.05) is 5.16 Å². The maximum absolute atomic E-state index is 11.8. The van der Waals surface area contributed by atoms with Crippen molar-refractivity contribution in [1.29, 1.82) is 0 Å². The van der Waals surface area contributed by atoms with Crippen molar-refractivity contribution < 1.29 is 22.8 Å². The standard InChI is InChI=1S/C11H15N3O5S2/c1-3-19-10(15)9(13-18-2)8-6-20-11(12-8)14-21(16,17)7-4-5-7/h6-7H,3-5H2,1-2H3,(H,12,14)/b13-9-. The molecule has 8 nitrogen and oxygen atoms in total. The Hall–Kier alpha value is -1.68. The molecule has 10 heteroatoms. The second kappa shape index (κ2) is 6.39. The highest BCUT2D eigenvalue weighted by molar-refractivity contribution is 7.93. The van der Waals surface area contributed by atoms with E-state index in [0.717, 1.165) is 11.3 Å². The van der Waals surface area contributed by atoms with Crippen LogP contribution in [0, 0.1) is 0 Å². The van der Waals surface area contributed by atoms with Crippen LogP contribution in [-0.2, 0) is 24.4 Å². The summed E-state index contributed by atoms with van der Waals surface area (Å²) in [7, 11) is -2.09. The van der Waals surface area contributed by atoms with Crippen LogP contribution in [-0.4, -0.2) is 44.0 Å². The molecule has 0 radical (unpaired) electrons. The van der Waals surface area contributed by atoms with E-state index in [2.05, 4.69) is 19.7 Å². The molecule has 1 fully saturated rings. The number of oxime groups is 1. The lowest BCUT2D eigenvalue weighted by Crippen LogP contribution is -2.20. The first-order valence-corrected chi connectivity index (χ1v) is 8.66. The van der Waals surface area contributed by atoms with E-state index in [-0.39, 0.29) is 28.4 Å². The van der Waals surface area contributed by atoms with Gasteiger partial charge in [0, 0.05) is 5.38 Å². The molecule has 1 aliphatic carbocycles. The largest absolute Gasteiger partial charge is 0.461 e. The summed E-state index contributed by atoms with van der Waals surface area (Å²) in [5, 5.41) is 4.93. The minimum atomic E-state index is -3.38. The van der Waals surface area contributed by atoms with Crippen molar-refractivity contribution in [3.63, 3.8) is 0 Å². The Balaban J connectivity index is 2.17. The van der Waals surface area contributed by atoms with E-state index in [0.29, 0.717) is 12.8 Å². The Morgan fingerprint density at radius 3 is 2.86 bits per heavy atom. The minimum absolute atomic E-state index is 0.104. The predicted molar refractivity (Wildman–Crippen MR) is 77.9 cm³/mol. The van der Waals surface area contributed by atoms with Gasteiger partial charge in [0.05, 0.1) is 11.9 Å². The Bertz CT molecular complexity index is 649. The molecule has 116 valence electrons. The van der Waals surface area contributed by atoms with Crippen molar-refractivity contribution in [2.45, 2.75) is 25.0 Å². The number of esters is 1. The number of ether oxygens (including phenoxy) is 1. The van der Waals surface area contributed by atoms with Crippen molar-refractivity contribution in [2.24, 2.45) is 5.16 Å². The second-order valence-corrected chi connectivity index (χ2v) is 7.05. The Labute approximate surface area is 126 Å². The Morgan fingerprint density at radius 2 is 2.29 bits per heavy atom. The molecule has 1 aromatic heterocycles. The fourth-order valence-corrected chi connectivity index (χ4v) is 3.78. The number of hydrogen-bond acceptors (Lipinski definition) is 8. The van der Waals surface area contributed by atoms with Crippen LogP contribution in [0.2, 0.25) is 0 Å². The molecule has 0 saturated heterocycles. The summed E-state index contributed by atoms with van der Waals surface area (Å²) in [4.78, 5) is 20.4. The molecule has 1 aliphatic rings. The Morgan fingerprint density at radius 1 is 1.57 bits per heavy atom. The van der Waals surface area contributed by atoms with Gasteiger partial charge in [-0.05, 0) is 19.8 Å². The summed E-state index contributed by atoms with van der Waals surface area (Å²) in [6.07, 6.45) is 1.32. The van der Waals surface area contributed by atoms with E-state index in [4.69, 9.17) is 4.74 Å². The molecule has 0 atom stereocenters. The zero-order valence-corrected chi connectivity index (χ0v) is 13.2. The second-order valence-electron chi connectivity index (χ2n) is 4.23. The van der Waals surface area contributed by atoms with Gasteiger partial charge >= 0.3 is 5.97 Å². The molecule has 1 N–H and O–H groups in total. The summed E-state index contributed by atoms with van der Waals surface area (Å²) in [6.45, 7) is 1.85. The fourth-order valence-electron chi connectivity index (χ4n) is 1.49. The first-order chi connectivity index (χ1) is 9.97. The summed E-state index contributed by atoms with van der Waals surface area (Å²) in [5.41, 5.74) is 0.0984. The number of aromatic nitrogens is 1. The number of carbonyl (C=O) groups is 1. The molecule has 0 bridgehead atoms. The third-order valence-electron chi connectivity index (χ3n) is 2.59. The minimum Gasteiger partial charge on any atom is -0.461 e. The maximum Gasteiger partial charge on any atom is 0.362 e. The van der Waals surface area contributed by atoms with Crippen LogP contribution in [0.3, 0.4) is 0 Å². The first kappa shape index (κ1) is 15.7. The molecule has 0 aliphatic heterocycles. The lowest BCUT2D eigenvalue weighted by atomic mass is 10.3. The van der Waals surface area contributed by atoms with Crippen molar-refractivity contribution in [1.82, 2.24) is 4.98 Å². The van der Waals surface area contributed by atoms with E-state index in [9.17, 15) is 13.2 Å². The normalized spacial score (nSPS) is 15.6. The van der Waals surface area contributed by atoms with Crippen molar-refractivity contribution in [3.8, 4) is 0 Å². The molecule has 1 saturated carbocycles. The molecular formula is C11H15N3O5S2. The van der Waals surface area contributed by atoms with Gasteiger partial charge in [-0.15, -0.1) is 11.3 Å². The molecule has 0 spiro atoms.